The van der Waals surface area contributed by atoms with E-state index >= 15 is 0 Å². The molecule has 0 saturated carbocycles. The van der Waals surface area contributed by atoms with Gasteiger partial charge < -0.3 is 16.2 Å². The molecule has 19 heavy (non-hydrogen) atoms. The SMILES string of the molecule is CC(C)CC(CO)Nc1c(N)cnc2ccccc12. The first-order chi connectivity index (χ1) is 9.11. The van der Waals surface area contributed by atoms with E-state index in [2.05, 4.69) is 24.1 Å². The van der Waals surface area contributed by atoms with Crippen LogP contribution in [0.5, 0.6) is 0 Å². The van der Waals surface area contributed by atoms with Gasteiger partial charge in [0.25, 0.3) is 0 Å². The van der Waals surface area contributed by atoms with Crippen molar-refractivity contribution in [2.24, 2.45) is 5.92 Å². The van der Waals surface area contributed by atoms with Crippen LogP contribution in [0.25, 0.3) is 10.9 Å². The van der Waals surface area contributed by atoms with Crippen LogP contribution in [0.3, 0.4) is 0 Å². The molecule has 0 bridgehead atoms. The summed E-state index contributed by atoms with van der Waals surface area (Å²) in [5, 5.41) is 13.8. The molecule has 4 N–H and O–H groups in total. The number of benzene rings is 1. The third-order valence-electron chi connectivity index (χ3n) is 3.13. The second kappa shape index (κ2) is 5.89. The Balaban J connectivity index is 2.35. The number of aliphatic hydroxyl groups is 1. The van der Waals surface area contributed by atoms with Gasteiger partial charge in [-0.05, 0) is 18.4 Å². The quantitative estimate of drug-likeness (QED) is 0.772. The fourth-order valence-electron chi connectivity index (χ4n) is 2.27. The number of aliphatic hydroxyl groups excluding tert-OH is 1. The summed E-state index contributed by atoms with van der Waals surface area (Å²) in [5.74, 6) is 0.513. The van der Waals surface area contributed by atoms with Gasteiger partial charge in [0.2, 0.25) is 0 Å². The van der Waals surface area contributed by atoms with Crippen LogP contribution >= 0.6 is 0 Å². The number of nitrogens with zero attached hydrogens (tertiary/aromatic N) is 1. The van der Waals surface area contributed by atoms with E-state index in [0.717, 1.165) is 23.0 Å². The van der Waals surface area contributed by atoms with Crippen molar-refractivity contribution in [3.8, 4) is 0 Å². The molecule has 0 fully saturated rings. The molecule has 102 valence electrons. The summed E-state index contributed by atoms with van der Waals surface area (Å²) in [6.45, 7) is 4.37. The van der Waals surface area contributed by atoms with Crippen molar-refractivity contribution in [2.45, 2.75) is 26.3 Å². The highest BCUT2D eigenvalue weighted by atomic mass is 16.3. The minimum absolute atomic E-state index is 0.00751. The number of nitrogens with two attached hydrogens (primary N) is 1. The number of hydrogen-bond donors (Lipinski definition) is 3. The minimum atomic E-state index is 0.00751. The van der Waals surface area contributed by atoms with E-state index < -0.39 is 0 Å². The fraction of sp³-hybridized carbons (Fsp3) is 0.400. The van der Waals surface area contributed by atoms with Crippen molar-refractivity contribution in [3.63, 3.8) is 0 Å². The molecule has 0 saturated heterocycles. The van der Waals surface area contributed by atoms with Gasteiger partial charge in [-0.15, -0.1) is 0 Å². The normalized spacial score (nSPS) is 12.8. The molecule has 1 aromatic carbocycles. The van der Waals surface area contributed by atoms with Crippen LogP contribution in [0.1, 0.15) is 20.3 Å². The van der Waals surface area contributed by atoms with Crippen molar-refractivity contribution in [2.75, 3.05) is 17.7 Å². The highest BCUT2D eigenvalue weighted by Gasteiger charge is 2.13. The van der Waals surface area contributed by atoms with E-state index in [4.69, 9.17) is 5.73 Å². The molecule has 0 aliphatic rings. The summed E-state index contributed by atoms with van der Waals surface area (Å²) in [6.07, 6.45) is 2.56. The molecular weight excluding hydrogens is 238 g/mol. The van der Waals surface area contributed by atoms with Gasteiger partial charge in [-0.2, -0.15) is 0 Å². The number of aromatic nitrogens is 1. The Morgan fingerprint density at radius 3 is 2.74 bits per heavy atom. The molecule has 0 amide bonds. The molecule has 4 nitrogen and oxygen atoms in total. The summed E-state index contributed by atoms with van der Waals surface area (Å²) < 4.78 is 0. The smallest absolute Gasteiger partial charge is 0.0743 e. The van der Waals surface area contributed by atoms with Gasteiger partial charge in [-0.3, -0.25) is 4.98 Å². The molecule has 1 heterocycles. The number of para-hydroxylation sites is 1. The van der Waals surface area contributed by atoms with Crippen molar-refractivity contribution >= 4 is 22.3 Å². The zero-order valence-corrected chi connectivity index (χ0v) is 11.4. The Hall–Kier alpha value is -1.81. The molecule has 0 spiro atoms. The maximum atomic E-state index is 9.48. The number of hydrogen-bond acceptors (Lipinski definition) is 4. The summed E-state index contributed by atoms with van der Waals surface area (Å²) >= 11 is 0. The van der Waals surface area contributed by atoms with Crippen LogP contribution in [0, 0.1) is 5.92 Å². The van der Waals surface area contributed by atoms with Crippen LogP contribution in [-0.4, -0.2) is 22.7 Å². The van der Waals surface area contributed by atoms with E-state index in [1.54, 1.807) is 6.20 Å². The highest BCUT2D eigenvalue weighted by molar-refractivity contribution is 5.96. The number of rotatable bonds is 5. The number of fused-ring (bicyclic) bond motifs is 1. The van der Waals surface area contributed by atoms with Crippen LogP contribution in [0.2, 0.25) is 0 Å². The van der Waals surface area contributed by atoms with Gasteiger partial charge in [-0.1, -0.05) is 32.0 Å². The third-order valence-corrected chi connectivity index (χ3v) is 3.13. The largest absolute Gasteiger partial charge is 0.396 e. The van der Waals surface area contributed by atoms with Gasteiger partial charge in [0.15, 0.2) is 0 Å². The van der Waals surface area contributed by atoms with Crippen molar-refractivity contribution in [3.05, 3.63) is 30.5 Å². The molecule has 2 aromatic rings. The zero-order chi connectivity index (χ0) is 13.8. The van der Waals surface area contributed by atoms with E-state index in [-0.39, 0.29) is 12.6 Å². The average molecular weight is 259 g/mol. The lowest BCUT2D eigenvalue weighted by molar-refractivity contribution is 0.259. The average Bonchev–Trinajstić information content (AvgIpc) is 2.40. The van der Waals surface area contributed by atoms with E-state index in [0.29, 0.717) is 11.6 Å². The Morgan fingerprint density at radius 1 is 1.32 bits per heavy atom. The topological polar surface area (TPSA) is 71.2 Å². The Morgan fingerprint density at radius 2 is 2.05 bits per heavy atom. The van der Waals surface area contributed by atoms with Crippen LogP contribution in [-0.2, 0) is 0 Å². The number of pyridine rings is 1. The highest BCUT2D eigenvalue weighted by Crippen LogP contribution is 2.28. The fourth-order valence-corrected chi connectivity index (χ4v) is 2.27. The minimum Gasteiger partial charge on any atom is -0.396 e. The summed E-state index contributed by atoms with van der Waals surface area (Å²) in [5.41, 5.74) is 8.39. The molecule has 0 aliphatic heterocycles. The number of nitrogens with one attached hydrogen (secondary N) is 1. The van der Waals surface area contributed by atoms with E-state index in [1.807, 2.05) is 24.3 Å². The Kier molecular flexibility index (Phi) is 4.22. The zero-order valence-electron chi connectivity index (χ0n) is 11.4. The first kappa shape index (κ1) is 13.6. The predicted octanol–water partition coefficient (Wildman–Crippen LogP) is 2.64. The Bertz CT molecular complexity index is 554. The first-order valence-electron chi connectivity index (χ1n) is 6.62. The van der Waals surface area contributed by atoms with Gasteiger partial charge >= 0.3 is 0 Å². The van der Waals surface area contributed by atoms with Crippen molar-refractivity contribution in [1.82, 2.24) is 4.98 Å². The van der Waals surface area contributed by atoms with Crippen molar-refractivity contribution in [1.29, 1.82) is 0 Å². The molecule has 1 unspecified atom stereocenters. The number of nitrogen functional groups attached to an aromatic ring is 1. The summed E-state index contributed by atoms with van der Waals surface area (Å²) in [6, 6.07) is 7.87. The first-order valence-corrected chi connectivity index (χ1v) is 6.62. The molecule has 4 heteroatoms. The lowest BCUT2D eigenvalue weighted by Crippen LogP contribution is -2.26. The Labute approximate surface area is 113 Å². The lowest BCUT2D eigenvalue weighted by Gasteiger charge is -2.21. The second-order valence-electron chi connectivity index (χ2n) is 5.26. The maximum Gasteiger partial charge on any atom is 0.0743 e. The molecule has 1 atom stereocenters. The third kappa shape index (κ3) is 3.15. The van der Waals surface area contributed by atoms with Crippen LogP contribution in [0.15, 0.2) is 30.5 Å². The van der Waals surface area contributed by atoms with Gasteiger partial charge in [0, 0.05) is 11.4 Å². The standard InChI is InChI=1S/C15H21N3O/c1-10(2)7-11(9-19)18-15-12-5-3-4-6-14(12)17-8-13(15)16/h3-6,8,10-11,19H,7,9,16H2,1-2H3,(H,17,18). The summed E-state index contributed by atoms with van der Waals surface area (Å²) in [4.78, 5) is 4.31. The predicted molar refractivity (Wildman–Crippen MR) is 80.1 cm³/mol. The van der Waals surface area contributed by atoms with Crippen LogP contribution in [0.4, 0.5) is 11.4 Å². The van der Waals surface area contributed by atoms with Crippen molar-refractivity contribution < 1.29 is 5.11 Å². The van der Waals surface area contributed by atoms with Gasteiger partial charge in [0.05, 0.1) is 29.7 Å². The number of anilines is 2. The van der Waals surface area contributed by atoms with Gasteiger partial charge in [0.1, 0.15) is 0 Å². The molecule has 2 rings (SSSR count). The molecule has 0 radical (unpaired) electrons. The van der Waals surface area contributed by atoms with Gasteiger partial charge in [-0.25, -0.2) is 0 Å². The van der Waals surface area contributed by atoms with E-state index in [9.17, 15) is 5.11 Å². The molecule has 1 aromatic heterocycles. The molecule has 0 aliphatic carbocycles. The molecular formula is C15H21N3O. The van der Waals surface area contributed by atoms with E-state index in [1.165, 1.54) is 0 Å². The lowest BCUT2D eigenvalue weighted by atomic mass is 10.0. The second-order valence-corrected chi connectivity index (χ2v) is 5.26. The summed E-state index contributed by atoms with van der Waals surface area (Å²) in [7, 11) is 0. The monoisotopic (exact) mass is 259 g/mol. The maximum absolute atomic E-state index is 9.48. The van der Waals surface area contributed by atoms with Crippen LogP contribution < -0.4 is 11.1 Å².